The number of halogens is 1. The van der Waals surface area contributed by atoms with Crippen molar-refractivity contribution in [3.05, 3.63) is 59.2 Å². The van der Waals surface area contributed by atoms with Crippen molar-refractivity contribution in [2.45, 2.75) is 25.7 Å². The maximum absolute atomic E-state index is 4.51. The fourth-order valence-electron chi connectivity index (χ4n) is 3.03. The molecule has 0 unspecified atom stereocenters. The molecular formula is C19H21BrN4. The molecule has 4 rings (SSSR count). The first-order chi connectivity index (χ1) is 11.6. The molecule has 4 nitrogen and oxygen atoms in total. The van der Waals surface area contributed by atoms with E-state index in [2.05, 4.69) is 79.8 Å². The van der Waals surface area contributed by atoms with Crippen molar-refractivity contribution in [3.8, 4) is 11.3 Å². The summed E-state index contributed by atoms with van der Waals surface area (Å²) in [5.41, 5.74) is 4.58. The molecule has 0 atom stereocenters. The predicted molar refractivity (Wildman–Crippen MR) is 102 cm³/mol. The summed E-state index contributed by atoms with van der Waals surface area (Å²) in [7, 11) is 0. The zero-order valence-electron chi connectivity index (χ0n) is 13.8. The van der Waals surface area contributed by atoms with Crippen LogP contribution in [-0.2, 0) is 0 Å². The normalized spacial score (nSPS) is 16.9. The number of aromatic amines is 1. The van der Waals surface area contributed by atoms with E-state index in [0.29, 0.717) is 5.92 Å². The summed E-state index contributed by atoms with van der Waals surface area (Å²) >= 11 is 3.73. The average molecular weight is 385 g/mol. The van der Waals surface area contributed by atoms with Crippen LogP contribution in [-0.4, -0.2) is 28.1 Å². The number of hydrogen-bond donors (Lipinski definition) is 1. The number of nitrogens with one attached hydrogen (secondary N) is 1. The third-order valence-electron chi connectivity index (χ3n) is 4.39. The molecule has 0 bridgehead atoms. The zero-order chi connectivity index (χ0) is 16.7. The second kappa shape index (κ2) is 6.13. The van der Waals surface area contributed by atoms with Gasteiger partial charge in [0.25, 0.3) is 0 Å². The molecule has 0 amide bonds. The molecule has 2 heterocycles. The van der Waals surface area contributed by atoms with Crippen LogP contribution in [0.25, 0.3) is 11.3 Å². The number of nitrogens with zero attached hydrogens (tertiary/aromatic N) is 3. The Morgan fingerprint density at radius 2 is 2.21 bits per heavy atom. The quantitative estimate of drug-likeness (QED) is 0.748. The molecule has 24 heavy (non-hydrogen) atoms. The smallest absolute Gasteiger partial charge is 0.109 e. The summed E-state index contributed by atoms with van der Waals surface area (Å²) < 4.78 is 1.09. The lowest BCUT2D eigenvalue weighted by molar-refractivity contribution is 0.441. The van der Waals surface area contributed by atoms with Crippen LogP contribution < -0.4 is 4.90 Å². The molecule has 0 radical (unpaired) electrons. The summed E-state index contributed by atoms with van der Waals surface area (Å²) in [6.45, 7) is 7.78. The topological polar surface area (TPSA) is 35.2 Å². The fourth-order valence-corrected chi connectivity index (χ4v) is 3.63. The molecule has 1 fully saturated rings. The molecule has 1 aromatic heterocycles. The summed E-state index contributed by atoms with van der Waals surface area (Å²) in [6.07, 6.45) is 8.70. The summed E-state index contributed by atoms with van der Waals surface area (Å²) in [5.74, 6) is 1.78. The Balaban J connectivity index is 1.52. The van der Waals surface area contributed by atoms with E-state index < -0.39 is 0 Å². The van der Waals surface area contributed by atoms with Gasteiger partial charge >= 0.3 is 0 Å². The van der Waals surface area contributed by atoms with E-state index in [4.69, 9.17) is 0 Å². The van der Waals surface area contributed by atoms with Gasteiger partial charge in [-0.2, -0.15) is 0 Å². The van der Waals surface area contributed by atoms with Crippen LogP contribution in [0.3, 0.4) is 0 Å². The lowest BCUT2D eigenvalue weighted by Crippen LogP contribution is -2.26. The van der Waals surface area contributed by atoms with E-state index in [1.165, 1.54) is 24.1 Å². The van der Waals surface area contributed by atoms with E-state index in [1.807, 2.05) is 6.20 Å². The highest BCUT2D eigenvalue weighted by molar-refractivity contribution is 9.10. The van der Waals surface area contributed by atoms with Crippen molar-refractivity contribution in [3.63, 3.8) is 0 Å². The Morgan fingerprint density at radius 3 is 2.92 bits per heavy atom. The Morgan fingerprint density at radius 1 is 1.38 bits per heavy atom. The molecule has 1 saturated carbocycles. The van der Waals surface area contributed by atoms with Crippen molar-refractivity contribution in [1.29, 1.82) is 0 Å². The van der Waals surface area contributed by atoms with E-state index >= 15 is 0 Å². The van der Waals surface area contributed by atoms with Gasteiger partial charge in [0.15, 0.2) is 0 Å². The van der Waals surface area contributed by atoms with Gasteiger partial charge in [0.1, 0.15) is 5.82 Å². The summed E-state index contributed by atoms with van der Waals surface area (Å²) in [6, 6.07) is 6.47. The van der Waals surface area contributed by atoms with Gasteiger partial charge in [-0.15, -0.1) is 0 Å². The molecule has 2 aromatic rings. The van der Waals surface area contributed by atoms with Gasteiger partial charge in [-0.25, -0.2) is 4.98 Å². The first kappa shape index (κ1) is 15.5. The molecule has 1 aromatic carbocycles. The van der Waals surface area contributed by atoms with Gasteiger partial charge in [0.05, 0.1) is 24.2 Å². The SMILES string of the molecule is C=C(C)CN1C=CN(c2ccc(-c3cnc(C4CC4)[nH]3)cc2Br)C1. The molecule has 0 saturated heterocycles. The van der Waals surface area contributed by atoms with Crippen LogP contribution in [0.4, 0.5) is 5.69 Å². The Hall–Kier alpha value is -2.01. The van der Waals surface area contributed by atoms with Gasteiger partial charge in [-0.05, 0) is 47.8 Å². The maximum Gasteiger partial charge on any atom is 0.109 e. The fraction of sp³-hybridized carbons (Fsp3) is 0.316. The third-order valence-corrected chi connectivity index (χ3v) is 5.03. The molecule has 2 aliphatic rings. The Kier molecular flexibility index (Phi) is 3.96. The minimum Gasteiger partial charge on any atom is -0.354 e. The summed E-state index contributed by atoms with van der Waals surface area (Å²) in [5, 5.41) is 0. The summed E-state index contributed by atoms with van der Waals surface area (Å²) in [4.78, 5) is 12.5. The van der Waals surface area contributed by atoms with Gasteiger partial charge in [0.2, 0.25) is 0 Å². The van der Waals surface area contributed by atoms with E-state index in [-0.39, 0.29) is 0 Å². The number of aromatic nitrogens is 2. The molecule has 124 valence electrons. The third kappa shape index (κ3) is 3.13. The molecule has 1 aliphatic heterocycles. The Labute approximate surface area is 151 Å². The Bertz CT molecular complexity index is 803. The number of rotatable bonds is 5. The maximum atomic E-state index is 4.51. The molecule has 1 aliphatic carbocycles. The van der Waals surface area contributed by atoms with E-state index in [1.54, 1.807) is 0 Å². The van der Waals surface area contributed by atoms with Crippen molar-refractivity contribution in [2.75, 3.05) is 18.1 Å². The second-order valence-electron chi connectivity index (χ2n) is 6.74. The minimum absolute atomic E-state index is 0.649. The highest BCUT2D eigenvalue weighted by Gasteiger charge is 2.26. The number of hydrogen-bond acceptors (Lipinski definition) is 3. The number of H-pyrrole nitrogens is 1. The number of anilines is 1. The van der Waals surface area contributed by atoms with Crippen molar-refractivity contribution >= 4 is 21.6 Å². The average Bonchev–Trinajstić information content (AvgIpc) is 3.09. The van der Waals surface area contributed by atoms with Crippen LogP contribution in [0.5, 0.6) is 0 Å². The van der Waals surface area contributed by atoms with Crippen LogP contribution >= 0.6 is 15.9 Å². The predicted octanol–water partition coefficient (Wildman–Crippen LogP) is 4.84. The molecular weight excluding hydrogens is 364 g/mol. The minimum atomic E-state index is 0.649. The monoisotopic (exact) mass is 384 g/mol. The standard InChI is InChI=1S/C19H21BrN4/c1-13(2)11-23-7-8-24(12-23)18-6-5-15(9-16(18)20)17-10-21-19(22-17)14-3-4-14/h5-10,14H,1,3-4,11-12H2,2H3,(H,21,22). The van der Waals surface area contributed by atoms with Crippen LogP contribution in [0.1, 0.15) is 31.5 Å². The molecule has 1 N–H and O–H groups in total. The van der Waals surface area contributed by atoms with Gasteiger partial charge in [0, 0.05) is 34.9 Å². The first-order valence-corrected chi connectivity index (χ1v) is 9.07. The zero-order valence-corrected chi connectivity index (χ0v) is 15.4. The lowest BCUT2D eigenvalue weighted by Gasteiger charge is -2.22. The van der Waals surface area contributed by atoms with Gasteiger partial charge in [-0.1, -0.05) is 18.2 Å². The lowest BCUT2D eigenvalue weighted by atomic mass is 10.1. The van der Waals surface area contributed by atoms with Crippen LogP contribution in [0.15, 0.2) is 53.4 Å². The highest BCUT2D eigenvalue weighted by atomic mass is 79.9. The molecule has 5 heteroatoms. The number of benzene rings is 1. The second-order valence-corrected chi connectivity index (χ2v) is 7.59. The van der Waals surface area contributed by atoms with Crippen LogP contribution in [0.2, 0.25) is 0 Å². The van der Waals surface area contributed by atoms with Crippen LogP contribution in [0, 0.1) is 0 Å². The number of imidazole rings is 1. The largest absolute Gasteiger partial charge is 0.354 e. The van der Waals surface area contributed by atoms with Crippen molar-refractivity contribution in [2.24, 2.45) is 0 Å². The molecule has 0 spiro atoms. The van der Waals surface area contributed by atoms with Gasteiger partial charge in [-0.3, -0.25) is 0 Å². The van der Waals surface area contributed by atoms with Gasteiger partial charge < -0.3 is 14.8 Å². The van der Waals surface area contributed by atoms with E-state index in [0.717, 1.165) is 34.8 Å². The van der Waals surface area contributed by atoms with E-state index in [9.17, 15) is 0 Å². The van der Waals surface area contributed by atoms with Crippen molar-refractivity contribution in [1.82, 2.24) is 14.9 Å². The first-order valence-electron chi connectivity index (χ1n) is 8.28. The highest BCUT2D eigenvalue weighted by Crippen LogP contribution is 2.39. The van der Waals surface area contributed by atoms with Crippen molar-refractivity contribution < 1.29 is 0 Å².